The summed E-state index contributed by atoms with van der Waals surface area (Å²) in [5, 5.41) is 18.8. The standard InChI is InChI=1S/C13H15BrN2O5/c14-4-2-1-3-8-6-16(13(20)15-12(8)19)11-5-9(18)10(7-17)21-11/h1-4,6,9-11,17-18H,5,7H2,(H,15,19,20)/t9-,10+,11+/m0/s1. The minimum absolute atomic E-state index is 0.168. The minimum Gasteiger partial charge on any atom is -0.394 e. The molecule has 1 aromatic rings. The monoisotopic (exact) mass is 358 g/mol. The number of ether oxygens (including phenoxy) is 1. The Hall–Kier alpha value is -1.48. The van der Waals surface area contributed by atoms with E-state index in [4.69, 9.17) is 9.84 Å². The molecule has 1 aliphatic rings. The van der Waals surface area contributed by atoms with Gasteiger partial charge in [-0.1, -0.05) is 28.1 Å². The van der Waals surface area contributed by atoms with Crippen LogP contribution >= 0.6 is 15.9 Å². The average Bonchev–Trinajstić information content (AvgIpc) is 2.82. The van der Waals surface area contributed by atoms with Crippen molar-refractivity contribution < 1.29 is 14.9 Å². The molecule has 0 unspecified atom stereocenters. The van der Waals surface area contributed by atoms with Crippen molar-refractivity contribution in [1.29, 1.82) is 0 Å². The summed E-state index contributed by atoms with van der Waals surface area (Å²) in [6.07, 6.45) is 4.08. The average molecular weight is 359 g/mol. The molecule has 2 rings (SSSR count). The smallest absolute Gasteiger partial charge is 0.330 e. The molecule has 1 saturated heterocycles. The third-order valence-corrected chi connectivity index (χ3v) is 3.45. The van der Waals surface area contributed by atoms with Crippen molar-refractivity contribution >= 4 is 22.0 Å². The van der Waals surface area contributed by atoms with Crippen LogP contribution in [0.4, 0.5) is 0 Å². The Morgan fingerprint density at radius 3 is 2.86 bits per heavy atom. The maximum atomic E-state index is 11.8. The Kier molecular flexibility index (Phi) is 5.29. The summed E-state index contributed by atoms with van der Waals surface area (Å²) in [6.45, 7) is -0.335. The van der Waals surface area contributed by atoms with Crippen LogP contribution in [0.25, 0.3) is 6.08 Å². The Morgan fingerprint density at radius 2 is 2.24 bits per heavy atom. The molecule has 21 heavy (non-hydrogen) atoms. The third kappa shape index (κ3) is 3.59. The normalized spacial score (nSPS) is 26.1. The van der Waals surface area contributed by atoms with Gasteiger partial charge in [-0.3, -0.25) is 14.3 Å². The summed E-state index contributed by atoms with van der Waals surface area (Å²) in [4.78, 5) is 27.4. The number of halogens is 1. The van der Waals surface area contributed by atoms with E-state index in [2.05, 4.69) is 20.9 Å². The molecule has 0 amide bonds. The highest BCUT2D eigenvalue weighted by molar-refractivity contribution is 9.11. The Balaban J connectivity index is 2.34. The van der Waals surface area contributed by atoms with Gasteiger partial charge in [0.05, 0.1) is 18.3 Å². The fourth-order valence-corrected chi connectivity index (χ4v) is 2.26. The summed E-state index contributed by atoms with van der Waals surface area (Å²) in [5.74, 6) is 0. The number of aliphatic hydroxyl groups is 2. The highest BCUT2D eigenvalue weighted by Crippen LogP contribution is 2.27. The number of hydrogen-bond donors (Lipinski definition) is 3. The van der Waals surface area contributed by atoms with Gasteiger partial charge in [0, 0.05) is 12.6 Å². The van der Waals surface area contributed by atoms with Crippen LogP contribution in [0.5, 0.6) is 0 Å². The number of aromatic amines is 1. The van der Waals surface area contributed by atoms with Gasteiger partial charge in [-0.2, -0.15) is 0 Å². The number of nitrogens with one attached hydrogen (secondary N) is 1. The predicted molar refractivity (Wildman–Crippen MR) is 80.0 cm³/mol. The van der Waals surface area contributed by atoms with Gasteiger partial charge in [-0.25, -0.2) is 4.79 Å². The van der Waals surface area contributed by atoms with E-state index in [9.17, 15) is 14.7 Å². The molecule has 2 heterocycles. The van der Waals surface area contributed by atoms with Crippen LogP contribution in [-0.2, 0) is 4.74 Å². The van der Waals surface area contributed by atoms with Gasteiger partial charge in [-0.05, 0) is 11.1 Å². The molecule has 3 atom stereocenters. The largest absolute Gasteiger partial charge is 0.394 e. The second-order valence-electron chi connectivity index (χ2n) is 4.54. The van der Waals surface area contributed by atoms with E-state index in [0.717, 1.165) is 0 Å². The molecule has 0 aliphatic carbocycles. The Bertz CT molecular complexity index is 663. The maximum Gasteiger partial charge on any atom is 0.330 e. The topological polar surface area (TPSA) is 105 Å². The first-order valence-corrected chi connectivity index (χ1v) is 7.21. The van der Waals surface area contributed by atoms with Crippen molar-refractivity contribution in [1.82, 2.24) is 9.55 Å². The fourth-order valence-electron chi connectivity index (χ4n) is 2.09. The van der Waals surface area contributed by atoms with Gasteiger partial charge in [0.2, 0.25) is 0 Å². The minimum atomic E-state index is -0.853. The first-order chi connectivity index (χ1) is 10.1. The van der Waals surface area contributed by atoms with Crippen LogP contribution in [0.15, 0.2) is 32.9 Å². The van der Waals surface area contributed by atoms with Gasteiger partial charge < -0.3 is 14.9 Å². The quantitative estimate of drug-likeness (QED) is 0.662. The molecular formula is C13H15BrN2O5. The molecule has 3 N–H and O–H groups in total. The molecule has 0 spiro atoms. The van der Waals surface area contributed by atoms with Gasteiger partial charge in [0.25, 0.3) is 5.56 Å². The van der Waals surface area contributed by atoms with E-state index >= 15 is 0 Å². The van der Waals surface area contributed by atoms with E-state index < -0.39 is 29.7 Å². The number of rotatable bonds is 4. The maximum absolute atomic E-state index is 11.8. The van der Waals surface area contributed by atoms with Crippen LogP contribution in [0.2, 0.25) is 0 Å². The summed E-state index contributed by atoms with van der Waals surface area (Å²) >= 11 is 3.10. The highest BCUT2D eigenvalue weighted by atomic mass is 79.9. The molecule has 0 aromatic carbocycles. The fraction of sp³-hybridized carbons (Fsp3) is 0.385. The van der Waals surface area contributed by atoms with Gasteiger partial charge in [0.1, 0.15) is 12.3 Å². The zero-order valence-electron chi connectivity index (χ0n) is 11.0. The molecule has 1 aliphatic heterocycles. The number of aromatic nitrogens is 2. The lowest BCUT2D eigenvalue weighted by molar-refractivity contribution is -0.0459. The number of hydrogen-bond acceptors (Lipinski definition) is 5. The second-order valence-corrected chi connectivity index (χ2v) is 5.07. The van der Waals surface area contributed by atoms with Crippen molar-refractivity contribution in [3.05, 3.63) is 49.7 Å². The molecule has 7 nitrogen and oxygen atoms in total. The molecule has 1 aromatic heterocycles. The molecule has 0 radical (unpaired) electrons. The lowest BCUT2D eigenvalue weighted by Gasteiger charge is -2.14. The van der Waals surface area contributed by atoms with Crippen LogP contribution in [0.3, 0.4) is 0 Å². The summed E-state index contributed by atoms with van der Waals surface area (Å²) in [5.41, 5.74) is -0.845. The first-order valence-electron chi connectivity index (χ1n) is 6.30. The van der Waals surface area contributed by atoms with Crippen LogP contribution in [0, 0.1) is 0 Å². The summed E-state index contributed by atoms with van der Waals surface area (Å²) in [7, 11) is 0. The van der Waals surface area contributed by atoms with E-state index in [-0.39, 0.29) is 18.6 Å². The van der Waals surface area contributed by atoms with Crippen LogP contribution in [-0.4, -0.2) is 38.6 Å². The van der Waals surface area contributed by atoms with E-state index in [0.29, 0.717) is 0 Å². The molecule has 0 bridgehead atoms. The van der Waals surface area contributed by atoms with Crippen molar-refractivity contribution in [2.75, 3.05) is 6.61 Å². The van der Waals surface area contributed by atoms with E-state index in [1.165, 1.54) is 10.8 Å². The highest BCUT2D eigenvalue weighted by Gasteiger charge is 2.35. The van der Waals surface area contributed by atoms with Gasteiger partial charge in [0.15, 0.2) is 0 Å². The molecule has 1 fully saturated rings. The molecule has 8 heteroatoms. The zero-order chi connectivity index (χ0) is 15.4. The van der Waals surface area contributed by atoms with Crippen molar-refractivity contribution in [2.45, 2.75) is 24.9 Å². The number of nitrogens with zero attached hydrogens (tertiary/aromatic N) is 1. The van der Waals surface area contributed by atoms with Crippen molar-refractivity contribution in [3.8, 4) is 0 Å². The molecular weight excluding hydrogens is 344 g/mol. The van der Waals surface area contributed by atoms with Gasteiger partial charge >= 0.3 is 5.69 Å². The SMILES string of the molecule is O=c1[nH]c(=O)n([C@H]2C[C@H](O)[C@@H](CO)O2)cc1C=CC=CBr. The summed E-state index contributed by atoms with van der Waals surface area (Å²) < 4.78 is 6.61. The third-order valence-electron chi connectivity index (χ3n) is 3.15. The van der Waals surface area contributed by atoms with Crippen LogP contribution in [0.1, 0.15) is 18.2 Å². The Morgan fingerprint density at radius 1 is 1.48 bits per heavy atom. The zero-order valence-corrected chi connectivity index (χ0v) is 12.6. The predicted octanol–water partition coefficient (Wildman–Crippen LogP) is 0.0991. The van der Waals surface area contributed by atoms with E-state index in [1.807, 2.05) is 0 Å². The lowest BCUT2D eigenvalue weighted by atomic mass is 10.2. The number of H-pyrrole nitrogens is 1. The lowest BCUT2D eigenvalue weighted by Crippen LogP contribution is -2.33. The van der Waals surface area contributed by atoms with Crippen molar-refractivity contribution in [2.24, 2.45) is 0 Å². The summed E-state index contributed by atoms with van der Waals surface area (Å²) in [6, 6.07) is 0. The molecule has 114 valence electrons. The second kappa shape index (κ2) is 6.99. The van der Waals surface area contributed by atoms with Crippen LogP contribution < -0.4 is 11.2 Å². The Labute approximate surface area is 128 Å². The molecule has 0 saturated carbocycles. The number of aliphatic hydroxyl groups excluding tert-OH is 2. The van der Waals surface area contributed by atoms with E-state index in [1.54, 1.807) is 23.2 Å². The van der Waals surface area contributed by atoms with Crippen molar-refractivity contribution in [3.63, 3.8) is 0 Å². The van der Waals surface area contributed by atoms with Gasteiger partial charge in [-0.15, -0.1) is 0 Å². The number of allylic oxidation sites excluding steroid dienone is 2. The first kappa shape index (κ1) is 15.9.